The van der Waals surface area contributed by atoms with Crippen molar-refractivity contribution in [2.45, 2.75) is 26.8 Å². The van der Waals surface area contributed by atoms with Gasteiger partial charge in [0.2, 0.25) is 0 Å². The zero-order valence-corrected chi connectivity index (χ0v) is 21.9. The van der Waals surface area contributed by atoms with Crippen LogP contribution in [0, 0.1) is 0 Å². The van der Waals surface area contributed by atoms with Crippen LogP contribution >= 0.6 is 11.3 Å². The fraction of sp³-hybridized carbons (Fsp3) is 0.259. The van der Waals surface area contributed by atoms with Crippen molar-refractivity contribution in [1.29, 1.82) is 0 Å². The van der Waals surface area contributed by atoms with Crippen LogP contribution < -0.4 is 29.1 Å². The molecule has 0 radical (unpaired) electrons. The van der Waals surface area contributed by atoms with Crippen molar-refractivity contribution < 1.29 is 28.5 Å². The number of fused-ring (bicyclic) bond motifs is 1. The average molecular weight is 523 g/mol. The lowest BCUT2D eigenvalue weighted by Gasteiger charge is -2.24. The Labute approximate surface area is 216 Å². The predicted octanol–water partition coefficient (Wildman–Crippen LogP) is 2.74. The van der Waals surface area contributed by atoms with Crippen LogP contribution in [0.1, 0.15) is 37.9 Å². The SMILES string of the molecule is CCOC(=O)C1=C(C)N=c2s/c(=C/c3ccc(OC)c(OC)c3)c(=O)n2[C@@H]1c1ccc(OC(C)=O)cc1. The number of thiazole rings is 1. The first kappa shape index (κ1) is 25.9. The van der Waals surface area contributed by atoms with Gasteiger partial charge in [0.25, 0.3) is 5.56 Å². The molecule has 0 unspecified atom stereocenters. The second kappa shape index (κ2) is 10.8. The van der Waals surface area contributed by atoms with Crippen LogP contribution in [0.3, 0.4) is 0 Å². The molecule has 0 bridgehead atoms. The molecule has 1 aromatic heterocycles. The van der Waals surface area contributed by atoms with Crippen LogP contribution in [0.5, 0.6) is 17.2 Å². The third-order valence-corrected chi connectivity index (χ3v) is 6.66. The number of aromatic nitrogens is 1. The average Bonchev–Trinajstić information content (AvgIpc) is 3.17. The largest absolute Gasteiger partial charge is 0.493 e. The summed E-state index contributed by atoms with van der Waals surface area (Å²) in [6, 6.07) is 11.3. The molecule has 0 spiro atoms. The number of allylic oxidation sites excluding steroid dienone is 1. The fourth-order valence-electron chi connectivity index (χ4n) is 4.09. The first-order valence-corrected chi connectivity index (χ1v) is 12.3. The van der Waals surface area contributed by atoms with Crippen LogP contribution in [0.2, 0.25) is 0 Å². The van der Waals surface area contributed by atoms with E-state index in [0.29, 0.717) is 37.8 Å². The second-order valence-electron chi connectivity index (χ2n) is 8.08. The first-order chi connectivity index (χ1) is 17.8. The lowest BCUT2D eigenvalue weighted by atomic mass is 9.96. The first-order valence-electron chi connectivity index (χ1n) is 11.5. The number of benzene rings is 2. The van der Waals surface area contributed by atoms with Gasteiger partial charge in [-0.3, -0.25) is 14.2 Å². The van der Waals surface area contributed by atoms with Crippen molar-refractivity contribution in [3.8, 4) is 17.2 Å². The van der Waals surface area contributed by atoms with Gasteiger partial charge in [-0.1, -0.05) is 29.5 Å². The van der Waals surface area contributed by atoms with Crippen LogP contribution in [0.15, 0.2) is 63.5 Å². The Bertz CT molecular complexity index is 1570. The van der Waals surface area contributed by atoms with E-state index >= 15 is 0 Å². The maximum absolute atomic E-state index is 13.7. The van der Waals surface area contributed by atoms with E-state index in [-0.39, 0.29) is 17.7 Å². The normalized spacial score (nSPS) is 15.1. The minimum Gasteiger partial charge on any atom is -0.493 e. The number of esters is 2. The summed E-state index contributed by atoms with van der Waals surface area (Å²) in [5, 5.41) is 0. The standard InChI is InChI=1S/C27H26N2O7S/c1-6-35-26(32)23-15(2)28-27-29(24(23)18-8-10-19(11-9-18)36-16(3)30)25(31)22(37-27)14-17-7-12-20(33-4)21(13-17)34-5/h7-14,24H,6H2,1-5H3/b22-14+/t24-/m1/s1. The zero-order chi connectivity index (χ0) is 26.7. The number of nitrogens with zero attached hydrogens (tertiary/aromatic N) is 2. The molecule has 0 saturated heterocycles. The molecule has 0 fully saturated rings. The van der Waals surface area contributed by atoms with Crippen molar-refractivity contribution in [3.63, 3.8) is 0 Å². The van der Waals surface area contributed by atoms with E-state index in [2.05, 4.69) is 4.99 Å². The molecule has 192 valence electrons. The summed E-state index contributed by atoms with van der Waals surface area (Å²) in [5.74, 6) is 0.476. The van der Waals surface area contributed by atoms with Crippen molar-refractivity contribution in [3.05, 3.63) is 84.5 Å². The molecule has 0 N–H and O–H groups in total. The molecule has 9 nitrogen and oxygen atoms in total. The van der Waals surface area contributed by atoms with Gasteiger partial charge in [0.1, 0.15) is 5.75 Å². The van der Waals surface area contributed by atoms with E-state index in [1.165, 1.54) is 22.8 Å². The lowest BCUT2D eigenvalue weighted by Crippen LogP contribution is -2.39. The maximum atomic E-state index is 13.7. The lowest BCUT2D eigenvalue weighted by molar-refractivity contribution is -0.139. The van der Waals surface area contributed by atoms with E-state index in [1.54, 1.807) is 70.5 Å². The number of hydrogen-bond donors (Lipinski definition) is 0. The summed E-state index contributed by atoms with van der Waals surface area (Å²) >= 11 is 1.22. The van der Waals surface area contributed by atoms with Crippen LogP contribution in [0.25, 0.3) is 6.08 Å². The number of carbonyl (C=O) groups is 2. The molecule has 0 aliphatic carbocycles. The number of ether oxygens (including phenoxy) is 4. The number of carbonyl (C=O) groups excluding carboxylic acids is 2. The monoisotopic (exact) mass is 522 g/mol. The van der Waals surface area contributed by atoms with Crippen molar-refractivity contribution >= 4 is 29.4 Å². The minimum atomic E-state index is -0.769. The summed E-state index contributed by atoms with van der Waals surface area (Å²) in [5.41, 5.74) is 1.82. The molecule has 1 atom stereocenters. The molecule has 1 aliphatic heterocycles. The van der Waals surface area contributed by atoms with Crippen LogP contribution in [0.4, 0.5) is 0 Å². The smallest absolute Gasteiger partial charge is 0.338 e. The Morgan fingerprint density at radius 3 is 2.41 bits per heavy atom. The van der Waals surface area contributed by atoms with E-state index < -0.39 is 18.0 Å². The molecular weight excluding hydrogens is 496 g/mol. The molecule has 2 heterocycles. The highest BCUT2D eigenvalue weighted by Gasteiger charge is 2.33. The van der Waals surface area contributed by atoms with Gasteiger partial charge in [0, 0.05) is 6.92 Å². The molecule has 3 aromatic rings. The summed E-state index contributed by atoms with van der Waals surface area (Å²) < 4.78 is 23.1. The minimum absolute atomic E-state index is 0.178. The van der Waals surface area contributed by atoms with E-state index in [1.807, 2.05) is 6.07 Å². The quantitative estimate of drug-likeness (QED) is 0.347. The second-order valence-corrected chi connectivity index (χ2v) is 9.09. The summed E-state index contributed by atoms with van der Waals surface area (Å²) in [4.78, 5) is 43.1. The van der Waals surface area contributed by atoms with Crippen molar-refractivity contribution in [2.24, 2.45) is 4.99 Å². The van der Waals surface area contributed by atoms with E-state index in [4.69, 9.17) is 18.9 Å². The predicted molar refractivity (Wildman–Crippen MR) is 138 cm³/mol. The number of methoxy groups -OCH3 is 2. The molecule has 0 amide bonds. The third-order valence-electron chi connectivity index (χ3n) is 5.68. The molecule has 4 rings (SSSR count). The Hall–Kier alpha value is -4.18. The highest BCUT2D eigenvalue weighted by molar-refractivity contribution is 7.07. The Morgan fingerprint density at radius 1 is 1.08 bits per heavy atom. The van der Waals surface area contributed by atoms with Gasteiger partial charge in [-0.25, -0.2) is 9.79 Å². The van der Waals surface area contributed by atoms with Crippen molar-refractivity contribution in [1.82, 2.24) is 4.57 Å². The number of rotatable bonds is 7. The van der Waals surface area contributed by atoms with Gasteiger partial charge in [-0.2, -0.15) is 0 Å². The fourth-order valence-corrected chi connectivity index (χ4v) is 5.13. The number of hydrogen-bond acceptors (Lipinski definition) is 9. The molecular formula is C27H26N2O7S. The van der Waals surface area contributed by atoms with E-state index in [9.17, 15) is 14.4 Å². The Morgan fingerprint density at radius 2 is 1.78 bits per heavy atom. The Kier molecular flexibility index (Phi) is 7.58. The van der Waals surface area contributed by atoms with Gasteiger partial charge in [-0.15, -0.1) is 0 Å². The van der Waals surface area contributed by atoms with Crippen LogP contribution in [-0.4, -0.2) is 37.3 Å². The van der Waals surface area contributed by atoms with Gasteiger partial charge < -0.3 is 18.9 Å². The maximum Gasteiger partial charge on any atom is 0.338 e. The van der Waals surface area contributed by atoms with Gasteiger partial charge in [0.05, 0.1) is 42.7 Å². The molecule has 10 heteroatoms. The third kappa shape index (κ3) is 5.19. The molecule has 2 aromatic carbocycles. The molecule has 37 heavy (non-hydrogen) atoms. The Balaban J connectivity index is 1.89. The highest BCUT2D eigenvalue weighted by atomic mass is 32.1. The topological polar surface area (TPSA) is 105 Å². The van der Waals surface area contributed by atoms with Crippen molar-refractivity contribution in [2.75, 3.05) is 20.8 Å². The van der Waals surface area contributed by atoms with E-state index in [0.717, 1.165) is 5.56 Å². The van der Waals surface area contributed by atoms with Gasteiger partial charge >= 0.3 is 11.9 Å². The van der Waals surface area contributed by atoms with Gasteiger partial charge in [0.15, 0.2) is 16.3 Å². The molecule has 1 aliphatic rings. The van der Waals surface area contributed by atoms with Gasteiger partial charge in [-0.05, 0) is 55.3 Å². The summed E-state index contributed by atoms with van der Waals surface area (Å²) in [6.45, 7) is 4.93. The zero-order valence-electron chi connectivity index (χ0n) is 21.1. The van der Waals surface area contributed by atoms with Crippen LogP contribution in [-0.2, 0) is 14.3 Å². The molecule has 0 saturated carbocycles. The summed E-state index contributed by atoms with van der Waals surface area (Å²) in [6.07, 6.45) is 1.75. The highest BCUT2D eigenvalue weighted by Crippen LogP contribution is 2.32. The summed E-state index contributed by atoms with van der Waals surface area (Å²) in [7, 11) is 3.10.